The number of hydrogen-bond donors (Lipinski definition) is 1. The van der Waals surface area contributed by atoms with Gasteiger partial charge in [0.2, 0.25) is 5.91 Å². The van der Waals surface area contributed by atoms with Crippen molar-refractivity contribution in [2.24, 2.45) is 0 Å². The van der Waals surface area contributed by atoms with Crippen molar-refractivity contribution in [3.8, 4) is 0 Å². The lowest BCUT2D eigenvalue weighted by atomic mass is 10.4. The highest BCUT2D eigenvalue weighted by molar-refractivity contribution is 9.10. The predicted octanol–water partition coefficient (Wildman–Crippen LogP) is 2.64. The van der Waals surface area contributed by atoms with Gasteiger partial charge in [0.25, 0.3) is 0 Å². The lowest BCUT2D eigenvalue weighted by Gasteiger charge is -2.18. The quantitative estimate of drug-likeness (QED) is 0.610. The molecule has 0 radical (unpaired) electrons. The summed E-state index contributed by atoms with van der Waals surface area (Å²) in [7, 11) is 0. The molecule has 0 aliphatic rings. The third-order valence-corrected chi connectivity index (χ3v) is 3.73. The zero-order valence-corrected chi connectivity index (χ0v) is 12.6. The van der Waals surface area contributed by atoms with Crippen LogP contribution < -0.4 is 0 Å². The highest BCUT2D eigenvalue weighted by Crippen LogP contribution is 2.20. The number of carbonyl (C=O) groups excluding carboxylic acids is 1. The number of carboxylic acid groups (broad SMARTS) is 1. The Morgan fingerprint density at radius 1 is 1.37 bits per heavy atom. The maximum absolute atomic E-state index is 11.9. The van der Waals surface area contributed by atoms with Crippen LogP contribution in [0.25, 0.3) is 0 Å². The van der Waals surface area contributed by atoms with Crippen molar-refractivity contribution in [2.45, 2.75) is 4.90 Å². The molecule has 0 saturated carbocycles. The van der Waals surface area contributed by atoms with E-state index in [1.807, 2.05) is 24.3 Å². The molecular weight excluding hydrogens is 330 g/mol. The van der Waals surface area contributed by atoms with Crippen LogP contribution in [0.5, 0.6) is 0 Å². The molecule has 0 bridgehead atoms. The number of rotatable bonds is 7. The van der Waals surface area contributed by atoms with E-state index in [-0.39, 0.29) is 24.7 Å². The SMILES string of the molecule is C=CCN(CC(=O)O)C(=O)CSc1ccc(Br)cc1. The Labute approximate surface area is 124 Å². The van der Waals surface area contributed by atoms with Gasteiger partial charge in [-0.1, -0.05) is 22.0 Å². The van der Waals surface area contributed by atoms with Gasteiger partial charge in [0.15, 0.2) is 0 Å². The highest BCUT2D eigenvalue weighted by Gasteiger charge is 2.15. The molecule has 0 aromatic heterocycles. The fourth-order valence-electron chi connectivity index (χ4n) is 1.34. The van der Waals surface area contributed by atoms with Gasteiger partial charge in [-0.2, -0.15) is 0 Å². The molecule has 0 unspecified atom stereocenters. The molecule has 0 saturated heterocycles. The van der Waals surface area contributed by atoms with Gasteiger partial charge in [-0.05, 0) is 24.3 Å². The molecule has 1 rings (SSSR count). The number of carbonyl (C=O) groups is 2. The highest BCUT2D eigenvalue weighted by atomic mass is 79.9. The summed E-state index contributed by atoms with van der Waals surface area (Å²) >= 11 is 4.71. The summed E-state index contributed by atoms with van der Waals surface area (Å²) < 4.78 is 0.974. The first kappa shape index (κ1) is 15.8. The summed E-state index contributed by atoms with van der Waals surface area (Å²) in [5, 5.41) is 8.74. The van der Waals surface area contributed by atoms with Gasteiger partial charge in [-0.3, -0.25) is 9.59 Å². The topological polar surface area (TPSA) is 57.6 Å². The number of aliphatic carboxylic acids is 1. The molecule has 1 N–H and O–H groups in total. The van der Waals surface area contributed by atoms with Crippen LogP contribution in [-0.4, -0.2) is 40.7 Å². The molecule has 102 valence electrons. The second-order valence-electron chi connectivity index (χ2n) is 3.70. The van der Waals surface area contributed by atoms with Crippen LogP contribution in [0.1, 0.15) is 0 Å². The predicted molar refractivity (Wildman–Crippen MR) is 79.3 cm³/mol. The monoisotopic (exact) mass is 343 g/mol. The zero-order chi connectivity index (χ0) is 14.3. The zero-order valence-electron chi connectivity index (χ0n) is 10.2. The molecular formula is C13H14BrNO3S. The Balaban J connectivity index is 2.54. The molecule has 1 aromatic rings. The van der Waals surface area contributed by atoms with Gasteiger partial charge in [-0.25, -0.2) is 0 Å². The van der Waals surface area contributed by atoms with E-state index < -0.39 is 5.97 Å². The maximum Gasteiger partial charge on any atom is 0.323 e. The lowest BCUT2D eigenvalue weighted by molar-refractivity contribution is -0.143. The Morgan fingerprint density at radius 2 is 2.00 bits per heavy atom. The van der Waals surface area contributed by atoms with Crippen molar-refractivity contribution in [3.63, 3.8) is 0 Å². The number of nitrogens with zero attached hydrogens (tertiary/aromatic N) is 1. The first-order valence-electron chi connectivity index (χ1n) is 5.51. The van der Waals surface area contributed by atoms with Gasteiger partial charge in [-0.15, -0.1) is 18.3 Å². The Bertz CT molecular complexity index is 461. The van der Waals surface area contributed by atoms with E-state index in [1.165, 1.54) is 22.7 Å². The summed E-state index contributed by atoms with van der Waals surface area (Å²) in [4.78, 5) is 24.8. The van der Waals surface area contributed by atoms with E-state index in [9.17, 15) is 9.59 Å². The number of benzene rings is 1. The summed E-state index contributed by atoms with van der Waals surface area (Å²) in [5.41, 5.74) is 0. The lowest BCUT2D eigenvalue weighted by Crippen LogP contribution is -2.36. The van der Waals surface area contributed by atoms with E-state index in [0.29, 0.717) is 0 Å². The molecule has 6 heteroatoms. The number of thioether (sulfide) groups is 1. The number of carboxylic acids is 1. The standard InChI is InChI=1S/C13H14BrNO3S/c1-2-7-15(8-13(17)18)12(16)9-19-11-5-3-10(14)4-6-11/h2-6H,1,7-9H2,(H,17,18). The van der Waals surface area contributed by atoms with E-state index in [4.69, 9.17) is 5.11 Å². The largest absolute Gasteiger partial charge is 0.480 e. The smallest absolute Gasteiger partial charge is 0.323 e. The fourth-order valence-corrected chi connectivity index (χ4v) is 2.41. The first-order chi connectivity index (χ1) is 9.02. The Kier molecular flexibility index (Phi) is 6.66. The first-order valence-corrected chi connectivity index (χ1v) is 7.29. The second kappa shape index (κ2) is 8.01. The molecule has 0 fully saturated rings. The van der Waals surface area contributed by atoms with Gasteiger partial charge in [0, 0.05) is 15.9 Å². The van der Waals surface area contributed by atoms with E-state index >= 15 is 0 Å². The normalized spacial score (nSPS) is 9.95. The summed E-state index contributed by atoms with van der Waals surface area (Å²) in [5.74, 6) is -1.03. The molecule has 1 aromatic carbocycles. The fraction of sp³-hybridized carbons (Fsp3) is 0.231. The molecule has 1 amide bonds. The van der Waals surface area contributed by atoms with E-state index in [2.05, 4.69) is 22.5 Å². The van der Waals surface area contributed by atoms with Gasteiger partial charge in [0.05, 0.1) is 5.75 Å². The van der Waals surface area contributed by atoms with E-state index in [0.717, 1.165) is 9.37 Å². The van der Waals surface area contributed by atoms with Gasteiger partial charge < -0.3 is 10.0 Å². The molecule has 0 aliphatic heterocycles. The Morgan fingerprint density at radius 3 is 2.53 bits per heavy atom. The molecule has 0 aliphatic carbocycles. The van der Waals surface area contributed by atoms with Crippen LogP contribution in [0.3, 0.4) is 0 Å². The van der Waals surface area contributed by atoms with Crippen molar-refractivity contribution >= 4 is 39.6 Å². The number of hydrogen-bond acceptors (Lipinski definition) is 3. The average Bonchev–Trinajstić information content (AvgIpc) is 2.37. The molecule has 4 nitrogen and oxygen atoms in total. The molecule has 19 heavy (non-hydrogen) atoms. The van der Waals surface area contributed by atoms with E-state index in [1.54, 1.807) is 0 Å². The summed E-state index contributed by atoms with van der Waals surface area (Å²) in [6.45, 7) is 3.46. The van der Waals surface area contributed by atoms with Crippen molar-refractivity contribution < 1.29 is 14.7 Å². The van der Waals surface area contributed by atoms with Gasteiger partial charge in [0.1, 0.15) is 6.54 Å². The van der Waals surface area contributed by atoms with Crippen LogP contribution >= 0.6 is 27.7 Å². The molecule has 0 spiro atoms. The maximum atomic E-state index is 11.9. The minimum Gasteiger partial charge on any atom is -0.480 e. The summed E-state index contributed by atoms with van der Waals surface area (Å²) in [6, 6.07) is 7.59. The van der Waals surface area contributed by atoms with Crippen LogP contribution in [0.4, 0.5) is 0 Å². The third-order valence-electron chi connectivity index (χ3n) is 2.20. The summed E-state index contributed by atoms with van der Waals surface area (Å²) in [6.07, 6.45) is 1.52. The minimum atomic E-state index is -1.02. The molecule has 0 atom stereocenters. The van der Waals surface area contributed by atoms with Crippen molar-refractivity contribution in [2.75, 3.05) is 18.8 Å². The average molecular weight is 344 g/mol. The van der Waals surface area contributed by atoms with Crippen LogP contribution in [0, 0.1) is 0 Å². The van der Waals surface area contributed by atoms with Crippen LogP contribution in [-0.2, 0) is 9.59 Å². The number of halogens is 1. The van der Waals surface area contributed by atoms with Crippen molar-refractivity contribution in [1.29, 1.82) is 0 Å². The van der Waals surface area contributed by atoms with Gasteiger partial charge >= 0.3 is 5.97 Å². The Hall–Kier alpha value is -1.27. The second-order valence-corrected chi connectivity index (χ2v) is 5.66. The third kappa shape index (κ3) is 5.94. The van der Waals surface area contributed by atoms with Crippen LogP contribution in [0.15, 0.2) is 46.3 Å². The molecule has 0 heterocycles. The number of amides is 1. The van der Waals surface area contributed by atoms with Crippen molar-refractivity contribution in [3.05, 3.63) is 41.4 Å². The van der Waals surface area contributed by atoms with Crippen molar-refractivity contribution in [1.82, 2.24) is 4.90 Å². The van der Waals surface area contributed by atoms with Crippen LogP contribution in [0.2, 0.25) is 0 Å². The minimum absolute atomic E-state index is 0.211.